The predicted molar refractivity (Wildman–Crippen MR) is 86.0 cm³/mol. The molecule has 1 fully saturated rings. The van der Waals surface area contributed by atoms with Crippen molar-refractivity contribution >= 4 is 17.7 Å². The molecule has 3 rings (SSSR count). The molecule has 1 amide bonds. The van der Waals surface area contributed by atoms with Crippen molar-refractivity contribution < 1.29 is 13.9 Å². The van der Waals surface area contributed by atoms with E-state index in [1.54, 1.807) is 18.0 Å². The summed E-state index contributed by atoms with van der Waals surface area (Å²) in [6.45, 7) is 1.38. The summed E-state index contributed by atoms with van der Waals surface area (Å²) in [6.07, 6.45) is 3.92. The van der Waals surface area contributed by atoms with Crippen molar-refractivity contribution in [2.45, 2.75) is 29.6 Å². The molecule has 1 aromatic heterocycles. The maximum Gasteiger partial charge on any atom is 0.252 e. The normalized spacial score (nSPS) is 17.5. The van der Waals surface area contributed by atoms with Gasteiger partial charge in [0.2, 0.25) is 0 Å². The zero-order valence-corrected chi connectivity index (χ0v) is 13.1. The van der Waals surface area contributed by atoms with Crippen molar-refractivity contribution in [2.24, 2.45) is 0 Å². The van der Waals surface area contributed by atoms with Crippen LogP contribution < -0.4 is 5.32 Å². The molecule has 0 bridgehead atoms. The summed E-state index contributed by atoms with van der Waals surface area (Å²) in [7, 11) is 0. The summed E-state index contributed by atoms with van der Waals surface area (Å²) in [6, 6.07) is 11.5. The van der Waals surface area contributed by atoms with Crippen molar-refractivity contribution in [3.8, 4) is 0 Å². The SMILES string of the molecule is O=C(NC[C@H]1CCCO1)c1ccccc1SCc1ccco1. The molecule has 5 heteroatoms. The maximum absolute atomic E-state index is 12.4. The molecule has 1 aromatic carbocycles. The van der Waals surface area contributed by atoms with Crippen LogP contribution in [0.4, 0.5) is 0 Å². The number of nitrogens with one attached hydrogen (secondary N) is 1. The minimum Gasteiger partial charge on any atom is -0.468 e. The lowest BCUT2D eigenvalue weighted by Gasteiger charge is -2.12. The van der Waals surface area contributed by atoms with Gasteiger partial charge in [0.15, 0.2) is 0 Å². The third-order valence-electron chi connectivity index (χ3n) is 3.60. The highest BCUT2D eigenvalue weighted by Crippen LogP contribution is 2.26. The number of ether oxygens (including phenoxy) is 1. The molecular weight excluding hydrogens is 298 g/mol. The molecule has 116 valence electrons. The number of hydrogen-bond acceptors (Lipinski definition) is 4. The van der Waals surface area contributed by atoms with Gasteiger partial charge in [-0.15, -0.1) is 11.8 Å². The molecule has 1 aliphatic heterocycles. The lowest BCUT2D eigenvalue weighted by molar-refractivity contribution is 0.0855. The summed E-state index contributed by atoms with van der Waals surface area (Å²) in [5.74, 6) is 1.57. The Kier molecular flexibility index (Phi) is 5.19. The Morgan fingerprint density at radius 3 is 2.95 bits per heavy atom. The number of rotatable bonds is 6. The topological polar surface area (TPSA) is 51.5 Å². The predicted octanol–water partition coefficient (Wildman–Crippen LogP) is 3.48. The van der Waals surface area contributed by atoms with Gasteiger partial charge in [0.05, 0.1) is 23.7 Å². The first-order valence-electron chi connectivity index (χ1n) is 7.47. The molecule has 1 aliphatic rings. The average molecular weight is 317 g/mol. The van der Waals surface area contributed by atoms with Gasteiger partial charge in [0.25, 0.3) is 5.91 Å². The van der Waals surface area contributed by atoms with Crippen LogP contribution in [0, 0.1) is 0 Å². The van der Waals surface area contributed by atoms with Crippen molar-refractivity contribution in [3.05, 3.63) is 54.0 Å². The minimum absolute atomic E-state index is 0.0435. The van der Waals surface area contributed by atoms with Gasteiger partial charge in [0.1, 0.15) is 5.76 Å². The van der Waals surface area contributed by atoms with Crippen LogP contribution in [0.3, 0.4) is 0 Å². The molecule has 1 saturated heterocycles. The van der Waals surface area contributed by atoms with Gasteiger partial charge < -0.3 is 14.5 Å². The van der Waals surface area contributed by atoms with E-state index < -0.39 is 0 Å². The molecular formula is C17H19NO3S. The molecule has 1 N–H and O–H groups in total. The van der Waals surface area contributed by atoms with Gasteiger partial charge in [0, 0.05) is 18.0 Å². The summed E-state index contributed by atoms with van der Waals surface area (Å²) >= 11 is 1.61. The molecule has 0 aliphatic carbocycles. The third kappa shape index (κ3) is 3.93. The van der Waals surface area contributed by atoms with Gasteiger partial charge in [-0.25, -0.2) is 0 Å². The fourth-order valence-corrected chi connectivity index (χ4v) is 3.38. The van der Waals surface area contributed by atoms with Crippen LogP contribution in [0.1, 0.15) is 29.0 Å². The van der Waals surface area contributed by atoms with Crippen LogP contribution in [0.15, 0.2) is 52.0 Å². The fraction of sp³-hybridized carbons (Fsp3) is 0.353. The molecule has 0 spiro atoms. The third-order valence-corrected chi connectivity index (χ3v) is 4.69. The van der Waals surface area contributed by atoms with Gasteiger partial charge >= 0.3 is 0 Å². The second kappa shape index (κ2) is 7.51. The number of carbonyl (C=O) groups is 1. The molecule has 4 nitrogen and oxygen atoms in total. The number of carbonyl (C=O) groups excluding carboxylic acids is 1. The fourth-order valence-electron chi connectivity index (χ4n) is 2.43. The van der Waals surface area contributed by atoms with Crippen molar-refractivity contribution in [1.82, 2.24) is 5.32 Å². The summed E-state index contributed by atoms with van der Waals surface area (Å²) in [4.78, 5) is 13.3. The molecule has 2 heterocycles. The van der Waals surface area contributed by atoms with Gasteiger partial charge in [-0.3, -0.25) is 4.79 Å². The molecule has 2 aromatic rings. The Balaban J connectivity index is 1.60. The minimum atomic E-state index is -0.0435. The van der Waals surface area contributed by atoms with Crippen molar-refractivity contribution in [2.75, 3.05) is 13.2 Å². The highest BCUT2D eigenvalue weighted by molar-refractivity contribution is 7.98. The standard InChI is InChI=1S/C17H19NO3S/c19-17(18-11-13-5-3-9-20-13)15-7-1-2-8-16(15)22-12-14-6-4-10-21-14/h1-2,4,6-8,10,13H,3,5,9,11-12H2,(H,18,19)/t13-/m1/s1. The lowest BCUT2D eigenvalue weighted by atomic mass is 10.2. The first kappa shape index (κ1) is 15.2. The molecule has 22 heavy (non-hydrogen) atoms. The molecule has 1 atom stereocenters. The Hall–Kier alpha value is -1.72. The molecule has 0 radical (unpaired) electrons. The van der Waals surface area contributed by atoms with E-state index >= 15 is 0 Å². The van der Waals surface area contributed by atoms with E-state index in [0.29, 0.717) is 17.9 Å². The highest BCUT2D eigenvalue weighted by Gasteiger charge is 2.18. The van der Waals surface area contributed by atoms with Crippen LogP contribution >= 0.6 is 11.8 Å². The second-order valence-corrected chi connectivity index (χ2v) is 6.23. The van der Waals surface area contributed by atoms with E-state index in [-0.39, 0.29) is 12.0 Å². The Labute approximate surface area is 134 Å². The van der Waals surface area contributed by atoms with Gasteiger partial charge in [-0.05, 0) is 37.1 Å². The van der Waals surface area contributed by atoms with E-state index in [0.717, 1.165) is 30.1 Å². The summed E-state index contributed by atoms with van der Waals surface area (Å²) in [5, 5.41) is 2.97. The van der Waals surface area contributed by atoms with E-state index in [1.807, 2.05) is 36.4 Å². The van der Waals surface area contributed by atoms with E-state index in [2.05, 4.69) is 5.32 Å². The van der Waals surface area contributed by atoms with Crippen LogP contribution in [0.25, 0.3) is 0 Å². The van der Waals surface area contributed by atoms with Crippen molar-refractivity contribution in [1.29, 1.82) is 0 Å². The van der Waals surface area contributed by atoms with Crippen LogP contribution in [0.2, 0.25) is 0 Å². The first-order chi connectivity index (χ1) is 10.8. The van der Waals surface area contributed by atoms with Gasteiger partial charge in [-0.1, -0.05) is 12.1 Å². The first-order valence-corrected chi connectivity index (χ1v) is 8.45. The highest BCUT2D eigenvalue weighted by atomic mass is 32.2. The number of benzene rings is 1. The summed E-state index contributed by atoms with van der Waals surface area (Å²) < 4.78 is 10.9. The quantitative estimate of drug-likeness (QED) is 0.829. The van der Waals surface area contributed by atoms with Gasteiger partial charge in [-0.2, -0.15) is 0 Å². The average Bonchev–Trinajstić information content (AvgIpc) is 3.24. The molecule has 0 saturated carbocycles. The van der Waals surface area contributed by atoms with Crippen LogP contribution in [-0.4, -0.2) is 25.2 Å². The van der Waals surface area contributed by atoms with Crippen molar-refractivity contribution in [3.63, 3.8) is 0 Å². The second-order valence-electron chi connectivity index (χ2n) is 5.21. The van der Waals surface area contributed by atoms with Crippen LogP contribution in [-0.2, 0) is 10.5 Å². The Bertz CT molecular complexity index is 606. The largest absolute Gasteiger partial charge is 0.468 e. The number of furan rings is 1. The maximum atomic E-state index is 12.4. The zero-order chi connectivity index (χ0) is 15.2. The number of thioether (sulfide) groups is 1. The monoisotopic (exact) mass is 317 g/mol. The van der Waals surface area contributed by atoms with E-state index in [4.69, 9.17) is 9.15 Å². The summed E-state index contributed by atoms with van der Waals surface area (Å²) in [5.41, 5.74) is 0.706. The Morgan fingerprint density at radius 1 is 1.27 bits per heavy atom. The zero-order valence-electron chi connectivity index (χ0n) is 12.3. The van der Waals surface area contributed by atoms with Crippen LogP contribution in [0.5, 0.6) is 0 Å². The van der Waals surface area contributed by atoms with E-state index in [9.17, 15) is 4.79 Å². The van der Waals surface area contributed by atoms with E-state index in [1.165, 1.54) is 0 Å². The number of hydrogen-bond donors (Lipinski definition) is 1. The Morgan fingerprint density at radius 2 is 2.18 bits per heavy atom. The molecule has 0 unspecified atom stereocenters. The number of amides is 1. The smallest absolute Gasteiger partial charge is 0.252 e. The lowest BCUT2D eigenvalue weighted by Crippen LogP contribution is -2.32.